The van der Waals surface area contributed by atoms with Gasteiger partial charge in [0.05, 0.1) is 10.9 Å². The van der Waals surface area contributed by atoms with E-state index in [0.29, 0.717) is 24.4 Å². The first-order valence-corrected chi connectivity index (χ1v) is 14.6. The van der Waals surface area contributed by atoms with E-state index in [4.69, 9.17) is 4.74 Å². The molecule has 41 heavy (non-hydrogen) atoms. The monoisotopic (exact) mass is 566 g/mol. The molecule has 1 aromatic heterocycles. The van der Waals surface area contributed by atoms with Gasteiger partial charge in [-0.3, -0.25) is 0 Å². The van der Waals surface area contributed by atoms with E-state index in [2.05, 4.69) is 15.0 Å². The number of imidazole rings is 1. The lowest BCUT2D eigenvalue weighted by atomic mass is 10.1. The summed E-state index contributed by atoms with van der Waals surface area (Å²) in [6.45, 7) is 2.14. The van der Waals surface area contributed by atoms with Crippen molar-refractivity contribution in [2.24, 2.45) is 0 Å². The molecule has 1 atom stereocenters. The van der Waals surface area contributed by atoms with E-state index in [1.54, 1.807) is 37.5 Å². The van der Waals surface area contributed by atoms with Gasteiger partial charge in [-0.2, -0.15) is 0 Å². The van der Waals surface area contributed by atoms with Gasteiger partial charge in [0.25, 0.3) is 10.0 Å². The van der Waals surface area contributed by atoms with Crippen LogP contribution in [-0.4, -0.2) is 24.0 Å². The van der Waals surface area contributed by atoms with Crippen molar-refractivity contribution in [1.82, 2.24) is 19.6 Å². The first kappa shape index (κ1) is 27.7. The van der Waals surface area contributed by atoms with Crippen LogP contribution in [0.2, 0.25) is 0 Å². The molecule has 0 spiro atoms. The highest BCUT2D eigenvalue weighted by molar-refractivity contribution is 7.90. The summed E-state index contributed by atoms with van der Waals surface area (Å²) in [6, 6.07) is 32.2. The van der Waals surface area contributed by atoms with Crippen LogP contribution >= 0.6 is 0 Å². The lowest BCUT2D eigenvalue weighted by Gasteiger charge is -2.21. The van der Waals surface area contributed by atoms with Gasteiger partial charge in [-0.15, -0.1) is 0 Å². The van der Waals surface area contributed by atoms with Gasteiger partial charge >= 0.3 is 6.03 Å². The molecule has 0 aliphatic carbocycles. The molecule has 0 unspecified atom stereocenters. The maximum absolute atomic E-state index is 13.1. The van der Waals surface area contributed by atoms with Crippen LogP contribution in [0.3, 0.4) is 0 Å². The Morgan fingerprint density at radius 1 is 0.854 bits per heavy atom. The quantitative estimate of drug-likeness (QED) is 0.225. The van der Waals surface area contributed by atoms with Gasteiger partial charge in [0.1, 0.15) is 18.2 Å². The second-order valence-electron chi connectivity index (χ2n) is 9.51. The molecule has 5 rings (SSSR count). The van der Waals surface area contributed by atoms with Gasteiger partial charge < -0.3 is 14.6 Å². The normalized spacial score (nSPS) is 11.9. The van der Waals surface area contributed by atoms with Crippen molar-refractivity contribution in [2.45, 2.75) is 30.9 Å². The Hall–Kier alpha value is -4.89. The second-order valence-corrected chi connectivity index (χ2v) is 11.2. The zero-order valence-corrected chi connectivity index (χ0v) is 23.3. The molecule has 208 valence electrons. The van der Waals surface area contributed by atoms with E-state index in [1.165, 1.54) is 6.07 Å². The van der Waals surface area contributed by atoms with Crippen molar-refractivity contribution < 1.29 is 17.9 Å². The van der Waals surface area contributed by atoms with Crippen molar-refractivity contribution in [3.8, 4) is 11.4 Å². The van der Waals surface area contributed by atoms with Gasteiger partial charge in [-0.1, -0.05) is 78.9 Å². The second kappa shape index (κ2) is 12.5. The van der Waals surface area contributed by atoms with Crippen LogP contribution in [0.4, 0.5) is 4.79 Å². The smallest absolute Gasteiger partial charge is 0.329 e. The van der Waals surface area contributed by atoms with E-state index >= 15 is 0 Å². The number of hydrogen-bond acceptors (Lipinski definition) is 5. The lowest BCUT2D eigenvalue weighted by Crippen LogP contribution is -2.42. The summed E-state index contributed by atoms with van der Waals surface area (Å²) in [7, 11) is -4.07. The topological polar surface area (TPSA) is 102 Å². The highest BCUT2D eigenvalue weighted by atomic mass is 32.2. The highest BCUT2D eigenvalue weighted by Gasteiger charge is 2.25. The maximum atomic E-state index is 13.1. The van der Waals surface area contributed by atoms with Crippen LogP contribution in [0.5, 0.6) is 5.75 Å². The Morgan fingerprint density at radius 3 is 2.17 bits per heavy atom. The molecule has 0 fully saturated rings. The maximum Gasteiger partial charge on any atom is 0.329 e. The minimum absolute atomic E-state index is 0.0471. The molecular weight excluding hydrogens is 536 g/mol. The number of hydrogen-bond donors (Lipinski definition) is 2. The average molecular weight is 567 g/mol. The predicted molar refractivity (Wildman–Crippen MR) is 157 cm³/mol. The molecule has 0 saturated heterocycles. The molecule has 1 heterocycles. The standard InChI is InChI=1S/C32H30N4O4S/c1-24-10-8-9-15-30(24)41(38,39)35-32(37)34-29(22-25-11-4-2-5-12-25)31-33-20-21-36(31)27-16-18-28(19-17-27)40-23-26-13-6-3-7-14-26/h2-21,29H,22-23H2,1H3,(H2,34,35,37)/t29-/m0/s1. The molecule has 2 N–H and O–H groups in total. The molecule has 0 saturated carbocycles. The number of nitrogens with one attached hydrogen (secondary N) is 2. The van der Waals surface area contributed by atoms with E-state index in [9.17, 15) is 13.2 Å². The number of ether oxygens (including phenoxy) is 1. The van der Waals surface area contributed by atoms with Crippen molar-refractivity contribution >= 4 is 16.1 Å². The number of aromatic nitrogens is 2. The molecule has 5 aromatic rings. The van der Waals surface area contributed by atoms with Gasteiger partial charge in [-0.25, -0.2) is 22.9 Å². The van der Waals surface area contributed by atoms with Crippen LogP contribution < -0.4 is 14.8 Å². The number of nitrogens with zero attached hydrogens (tertiary/aromatic N) is 2. The molecule has 2 amide bonds. The molecule has 0 bridgehead atoms. The summed E-state index contributed by atoms with van der Waals surface area (Å²) in [4.78, 5) is 17.7. The number of sulfonamides is 1. The molecule has 9 heteroatoms. The minimum Gasteiger partial charge on any atom is -0.489 e. The molecule has 8 nitrogen and oxygen atoms in total. The van der Waals surface area contributed by atoms with Crippen LogP contribution in [0.1, 0.15) is 28.6 Å². The number of urea groups is 1. The van der Waals surface area contributed by atoms with Crippen LogP contribution in [0, 0.1) is 6.92 Å². The fraction of sp³-hybridized carbons (Fsp3) is 0.125. The van der Waals surface area contributed by atoms with Crippen molar-refractivity contribution in [1.29, 1.82) is 0 Å². The lowest BCUT2D eigenvalue weighted by molar-refractivity contribution is 0.241. The Labute approximate surface area is 239 Å². The van der Waals surface area contributed by atoms with Gasteiger partial charge in [0.15, 0.2) is 0 Å². The van der Waals surface area contributed by atoms with Crippen LogP contribution in [0.15, 0.2) is 126 Å². The summed E-state index contributed by atoms with van der Waals surface area (Å²) < 4.78 is 35.8. The number of amides is 2. The van der Waals surface area contributed by atoms with Crippen LogP contribution in [-0.2, 0) is 23.1 Å². The van der Waals surface area contributed by atoms with Crippen LogP contribution in [0.25, 0.3) is 5.69 Å². The van der Waals surface area contributed by atoms with Gasteiger partial charge in [-0.05, 0) is 60.4 Å². The Bertz CT molecular complexity index is 1700. The van der Waals surface area contributed by atoms with E-state index < -0.39 is 22.1 Å². The predicted octanol–water partition coefficient (Wildman–Crippen LogP) is 5.73. The van der Waals surface area contributed by atoms with E-state index in [-0.39, 0.29) is 4.90 Å². The molecule has 4 aromatic carbocycles. The molecular formula is C32H30N4O4S. The summed E-state index contributed by atoms with van der Waals surface area (Å²) >= 11 is 0. The summed E-state index contributed by atoms with van der Waals surface area (Å²) in [5, 5.41) is 2.84. The molecule has 0 aliphatic heterocycles. The SMILES string of the molecule is Cc1ccccc1S(=O)(=O)NC(=O)N[C@@H](Cc1ccccc1)c1nccn1-c1ccc(OCc2ccccc2)cc1. The molecule has 0 radical (unpaired) electrons. The number of aryl methyl sites for hydroxylation is 1. The number of carbonyl (C=O) groups is 1. The zero-order valence-electron chi connectivity index (χ0n) is 22.5. The summed E-state index contributed by atoms with van der Waals surface area (Å²) in [5.41, 5.74) is 3.39. The van der Waals surface area contributed by atoms with Crippen molar-refractivity contribution in [3.05, 3.63) is 144 Å². The third kappa shape index (κ3) is 7.01. The Kier molecular flexibility index (Phi) is 8.45. The number of benzene rings is 4. The molecule has 0 aliphatic rings. The average Bonchev–Trinajstić information content (AvgIpc) is 3.47. The number of carbonyl (C=O) groups excluding carboxylic acids is 1. The third-order valence-electron chi connectivity index (χ3n) is 6.54. The van der Waals surface area contributed by atoms with E-state index in [1.807, 2.05) is 89.5 Å². The first-order valence-electron chi connectivity index (χ1n) is 13.1. The fourth-order valence-corrected chi connectivity index (χ4v) is 5.68. The van der Waals surface area contributed by atoms with Crippen molar-refractivity contribution in [2.75, 3.05) is 0 Å². The summed E-state index contributed by atoms with van der Waals surface area (Å²) in [5.74, 6) is 1.27. The number of rotatable bonds is 10. The Morgan fingerprint density at radius 2 is 1.49 bits per heavy atom. The third-order valence-corrected chi connectivity index (χ3v) is 8.03. The largest absolute Gasteiger partial charge is 0.489 e. The first-order chi connectivity index (χ1) is 19.9. The minimum atomic E-state index is -4.07. The zero-order chi connectivity index (χ0) is 28.7. The summed E-state index contributed by atoms with van der Waals surface area (Å²) in [6.07, 6.45) is 3.85. The highest BCUT2D eigenvalue weighted by Crippen LogP contribution is 2.23. The van der Waals surface area contributed by atoms with Crippen molar-refractivity contribution in [3.63, 3.8) is 0 Å². The Balaban J connectivity index is 1.36. The van der Waals surface area contributed by atoms with Gasteiger partial charge in [0.2, 0.25) is 0 Å². The van der Waals surface area contributed by atoms with E-state index in [0.717, 1.165) is 22.6 Å². The van der Waals surface area contributed by atoms with Gasteiger partial charge in [0, 0.05) is 18.1 Å². The fourth-order valence-electron chi connectivity index (χ4n) is 4.51.